The van der Waals surface area contributed by atoms with Crippen LogP contribution in [0.15, 0.2) is 11.3 Å². The number of carbonyl (C=O) groups excluding carboxylic acids is 1. The average Bonchev–Trinajstić information content (AvgIpc) is 2.34. The summed E-state index contributed by atoms with van der Waals surface area (Å²) in [4.78, 5) is 11.6. The molecule has 0 spiro atoms. The van der Waals surface area contributed by atoms with E-state index in [1.807, 2.05) is 19.9 Å². The SMILES string of the molecule is CCOCCOC(=O)C(C#N)=C(CC)OCC. The maximum absolute atomic E-state index is 11.6. The van der Waals surface area contributed by atoms with Crippen LogP contribution >= 0.6 is 0 Å². The summed E-state index contributed by atoms with van der Waals surface area (Å²) in [6.07, 6.45) is 0.483. The summed E-state index contributed by atoms with van der Waals surface area (Å²) in [5.41, 5.74) is -0.0640. The molecule has 0 saturated carbocycles. The molecule has 0 saturated heterocycles. The normalized spacial score (nSPS) is 11.4. The molecule has 0 rings (SSSR count). The Kier molecular flexibility index (Phi) is 8.79. The molecule has 0 aromatic carbocycles. The fraction of sp³-hybridized carbons (Fsp3) is 0.667. The van der Waals surface area contributed by atoms with Gasteiger partial charge in [0.05, 0.1) is 13.2 Å². The monoisotopic (exact) mass is 241 g/mol. The summed E-state index contributed by atoms with van der Waals surface area (Å²) < 4.78 is 15.1. The van der Waals surface area contributed by atoms with E-state index in [0.717, 1.165) is 0 Å². The van der Waals surface area contributed by atoms with E-state index in [1.54, 1.807) is 6.92 Å². The minimum absolute atomic E-state index is 0.0640. The topological polar surface area (TPSA) is 68.5 Å². The number of nitriles is 1. The van der Waals surface area contributed by atoms with Gasteiger partial charge in [-0.05, 0) is 13.8 Å². The van der Waals surface area contributed by atoms with E-state index in [0.29, 0.717) is 32.0 Å². The maximum Gasteiger partial charge on any atom is 0.352 e. The molecule has 0 heterocycles. The molecule has 0 bridgehead atoms. The van der Waals surface area contributed by atoms with E-state index in [9.17, 15) is 4.79 Å². The van der Waals surface area contributed by atoms with Crippen molar-refractivity contribution in [3.05, 3.63) is 11.3 Å². The van der Waals surface area contributed by atoms with Crippen LogP contribution in [-0.2, 0) is 19.0 Å². The first-order chi connectivity index (χ1) is 8.21. The predicted octanol–water partition coefficient (Wildman–Crippen LogP) is 1.79. The molecular formula is C12H19NO4. The second-order valence-electron chi connectivity index (χ2n) is 3.03. The first-order valence-electron chi connectivity index (χ1n) is 5.72. The summed E-state index contributed by atoms with van der Waals surface area (Å²) >= 11 is 0. The van der Waals surface area contributed by atoms with Crippen molar-refractivity contribution in [1.82, 2.24) is 0 Å². The van der Waals surface area contributed by atoms with Gasteiger partial charge in [-0.15, -0.1) is 0 Å². The first kappa shape index (κ1) is 15.5. The Morgan fingerprint density at radius 3 is 2.29 bits per heavy atom. The fourth-order valence-electron chi connectivity index (χ4n) is 1.16. The molecule has 5 heteroatoms. The lowest BCUT2D eigenvalue weighted by Gasteiger charge is -2.09. The molecule has 5 nitrogen and oxygen atoms in total. The van der Waals surface area contributed by atoms with Crippen LogP contribution in [0, 0.1) is 11.3 Å². The zero-order chi connectivity index (χ0) is 13.1. The third-order valence-electron chi connectivity index (χ3n) is 1.90. The highest BCUT2D eigenvalue weighted by Gasteiger charge is 2.16. The largest absolute Gasteiger partial charge is 0.497 e. The smallest absolute Gasteiger partial charge is 0.352 e. The molecule has 17 heavy (non-hydrogen) atoms. The van der Waals surface area contributed by atoms with Gasteiger partial charge in [-0.1, -0.05) is 6.92 Å². The molecule has 0 atom stereocenters. The molecule has 0 aliphatic rings. The maximum atomic E-state index is 11.6. The van der Waals surface area contributed by atoms with E-state index < -0.39 is 5.97 Å². The summed E-state index contributed by atoms with van der Waals surface area (Å²) in [6.45, 7) is 6.92. The number of rotatable bonds is 8. The number of hydrogen-bond acceptors (Lipinski definition) is 5. The van der Waals surface area contributed by atoms with Crippen LogP contribution in [0.4, 0.5) is 0 Å². The molecule has 0 aliphatic heterocycles. The second kappa shape index (κ2) is 9.67. The number of esters is 1. The molecule has 96 valence electrons. The van der Waals surface area contributed by atoms with Gasteiger partial charge in [0.2, 0.25) is 0 Å². The first-order valence-corrected chi connectivity index (χ1v) is 5.72. The number of ether oxygens (including phenoxy) is 3. The molecule has 0 amide bonds. The lowest BCUT2D eigenvalue weighted by atomic mass is 10.2. The molecule has 0 fully saturated rings. The Morgan fingerprint density at radius 1 is 1.12 bits per heavy atom. The van der Waals surface area contributed by atoms with Crippen molar-refractivity contribution in [1.29, 1.82) is 5.26 Å². The van der Waals surface area contributed by atoms with E-state index in [-0.39, 0.29) is 12.2 Å². The third-order valence-corrected chi connectivity index (χ3v) is 1.90. The van der Waals surface area contributed by atoms with Gasteiger partial charge < -0.3 is 14.2 Å². The van der Waals surface area contributed by atoms with Gasteiger partial charge in [0.15, 0.2) is 5.57 Å². The Balaban J connectivity index is 4.43. The number of carbonyl (C=O) groups is 1. The Hall–Kier alpha value is -1.54. The molecule has 0 N–H and O–H groups in total. The lowest BCUT2D eigenvalue weighted by Crippen LogP contribution is -2.14. The van der Waals surface area contributed by atoms with Crippen LogP contribution in [-0.4, -0.2) is 32.4 Å². The predicted molar refractivity (Wildman–Crippen MR) is 62.0 cm³/mol. The minimum atomic E-state index is -0.655. The zero-order valence-corrected chi connectivity index (χ0v) is 10.6. The number of nitrogens with zero attached hydrogens (tertiary/aromatic N) is 1. The molecule has 0 aromatic rings. The van der Waals surface area contributed by atoms with Gasteiger partial charge in [0.25, 0.3) is 0 Å². The van der Waals surface area contributed by atoms with Gasteiger partial charge in [0.1, 0.15) is 18.4 Å². The van der Waals surface area contributed by atoms with E-state index in [4.69, 9.17) is 19.5 Å². The number of allylic oxidation sites excluding steroid dienone is 1. The third kappa shape index (κ3) is 5.93. The highest BCUT2D eigenvalue weighted by molar-refractivity contribution is 5.93. The van der Waals surface area contributed by atoms with Crippen LogP contribution in [0.2, 0.25) is 0 Å². The quantitative estimate of drug-likeness (QED) is 0.213. The minimum Gasteiger partial charge on any atom is -0.497 e. The van der Waals surface area contributed by atoms with Crippen molar-refractivity contribution in [2.24, 2.45) is 0 Å². The van der Waals surface area contributed by atoms with Crippen molar-refractivity contribution in [2.75, 3.05) is 26.4 Å². The summed E-state index contributed by atoms with van der Waals surface area (Å²) in [5, 5.41) is 8.91. The van der Waals surface area contributed by atoms with Crippen molar-refractivity contribution in [3.8, 4) is 6.07 Å². The zero-order valence-electron chi connectivity index (χ0n) is 10.6. The Morgan fingerprint density at radius 2 is 1.82 bits per heavy atom. The van der Waals surface area contributed by atoms with Crippen molar-refractivity contribution in [3.63, 3.8) is 0 Å². The Labute approximate surface area is 102 Å². The molecule has 0 radical (unpaired) electrons. The van der Waals surface area contributed by atoms with Gasteiger partial charge in [-0.3, -0.25) is 0 Å². The number of hydrogen-bond donors (Lipinski definition) is 0. The highest BCUT2D eigenvalue weighted by atomic mass is 16.6. The van der Waals surface area contributed by atoms with Crippen LogP contribution < -0.4 is 0 Å². The average molecular weight is 241 g/mol. The highest BCUT2D eigenvalue weighted by Crippen LogP contribution is 2.11. The van der Waals surface area contributed by atoms with E-state index in [1.165, 1.54) is 0 Å². The second-order valence-corrected chi connectivity index (χ2v) is 3.03. The Bertz CT molecular complexity index is 304. The van der Waals surface area contributed by atoms with Crippen LogP contribution in [0.25, 0.3) is 0 Å². The molecular weight excluding hydrogens is 222 g/mol. The van der Waals surface area contributed by atoms with E-state index in [2.05, 4.69) is 0 Å². The van der Waals surface area contributed by atoms with Gasteiger partial charge >= 0.3 is 5.97 Å². The van der Waals surface area contributed by atoms with E-state index >= 15 is 0 Å². The molecule has 0 aromatic heterocycles. The van der Waals surface area contributed by atoms with Crippen molar-refractivity contribution < 1.29 is 19.0 Å². The summed E-state index contributed by atoms with van der Waals surface area (Å²) in [6, 6.07) is 1.82. The van der Waals surface area contributed by atoms with Crippen LogP contribution in [0.5, 0.6) is 0 Å². The van der Waals surface area contributed by atoms with Crippen molar-refractivity contribution in [2.45, 2.75) is 27.2 Å². The fourth-order valence-corrected chi connectivity index (χ4v) is 1.16. The lowest BCUT2D eigenvalue weighted by molar-refractivity contribution is -0.140. The van der Waals surface area contributed by atoms with Gasteiger partial charge in [-0.2, -0.15) is 5.26 Å². The molecule has 0 aliphatic carbocycles. The molecule has 0 unspecified atom stereocenters. The van der Waals surface area contributed by atoms with Gasteiger partial charge in [0, 0.05) is 13.0 Å². The van der Waals surface area contributed by atoms with Crippen LogP contribution in [0.1, 0.15) is 27.2 Å². The van der Waals surface area contributed by atoms with Crippen LogP contribution in [0.3, 0.4) is 0 Å². The summed E-state index contributed by atoms with van der Waals surface area (Å²) in [5.74, 6) is -0.283. The summed E-state index contributed by atoms with van der Waals surface area (Å²) in [7, 11) is 0. The van der Waals surface area contributed by atoms with Crippen molar-refractivity contribution >= 4 is 5.97 Å². The van der Waals surface area contributed by atoms with Gasteiger partial charge in [-0.25, -0.2) is 4.79 Å². The standard InChI is InChI=1S/C12H19NO4/c1-4-11(16-6-3)10(9-13)12(14)17-8-7-15-5-2/h4-8H2,1-3H3.